The molecule has 0 atom stereocenters. The average Bonchev–Trinajstić information content (AvgIpc) is 2.61. The average molecular weight is 283 g/mol. The fraction of sp³-hybridized carbons (Fsp3) is 0.182. The smallest absolute Gasteiger partial charge is 0.0649 e. The summed E-state index contributed by atoms with van der Waals surface area (Å²) in [6.45, 7) is 2.06. The molecule has 1 aromatic heterocycles. The van der Waals surface area contributed by atoms with Crippen LogP contribution in [0, 0.1) is 6.92 Å². The molecular weight excluding hydrogens is 272 g/mol. The van der Waals surface area contributed by atoms with Crippen LogP contribution in [0.1, 0.15) is 11.3 Å². The quantitative estimate of drug-likeness (QED) is 0.837. The van der Waals surface area contributed by atoms with Gasteiger partial charge in [0.25, 0.3) is 0 Å². The summed E-state index contributed by atoms with van der Waals surface area (Å²) in [6.07, 6.45) is 1.87. The second-order valence-electron chi connectivity index (χ2n) is 3.30. The number of halogens is 1. The molecule has 2 nitrogen and oxygen atoms in total. The van der Waals surface area contributed by atoms with Gasteiger partial charge in [0.15, 0.2) is 0 Å². The van der Waals surface area contributed by atoms with E-state index in [0.717, 1.165) is 21.6 Å². The van der Waals surface area contributed by atoms with Crippen LogP contribution in [0.3, 0.4) is 0 Å². The van der Waals surface area contributed by atoms with E-state index < -0.39 is 0 Å². The molecule has 0 saturated carbocycles. The molecule has 0 aliphatic rings. The van der Waals surface area contributed by atoms with Crippen LogP contribution < -0.4 is 0 Å². The second-order valence-corrected chi connectivity index (χ2v) is 4.53. The van der Waals surface area contributed by atoms with Crippen molar-refractivity contribution in [3.8, 4) is 5.69 Å². The van der Waals surface area contributed by atoms with E-state index >= 15 is 0 Å². The zero-order valence-electron chi connectivity index (χ0n) is 8.31. The predicted molar refractivity (Wildman–Crippen MR) is 68.7 cm³/mol. The van der Waals surface area contributed by atoms with Gasteiger partial charge in [0, 0.05) is 21.5 Å². The van der Waals surface area contributed by atoms with E-state index in [2.05, 4.69) is 40.6 Å². The standard InChI is InChI=1S/C11H11BrN2S/c1-8-9(7-15)6-13-14(8)11-4-2-10(12)3-5-11/h2-6,15H,7H2,1H3. The highest BCUT2D eigenvalue weighted by molar-refractivity contribution is 9.10. The molecule has 0 spiro atoms. The molecule has 15 heavy (non-hydrogen) atoms. The lowest BCUT2D eigenvalue weighted by Gasteiger charge is -2.04. The van der Waals surface area contributed by atoms with Crippen molar-refractivity contribution in [2.24, 2.45) is 0 Å². The third-order valence-corrected chi connectivity index (χ3v) is 3.22. The maximum Gasteiger partial charge on any atom is 0.0649 e. The van der Waals surface area contributed by atoms with Crippen LogP contribution in [-0.2, 0) is 5.75 Å². The summed E-state index contributed by atoms with van der Waals surface area (Å²) < 4.78 is 3.00. The molecule has 78 valence electrons. The molecule has 0 aliphatic heterocycles. The minimum absolute atomic E-state index is 0.725. The lowest BCUT2D eigenvalue weighted by Crippen LogP contribution is -1.98. The van der Waals surface area contributed by atoms with Gasteiger partial charge in [0.1, 0.15) is 0 Å². The number of hydrogen-bond donors (Lipinski definition) is 1. The number of rotatable bonds is 2. The maximum absolute atomic E-state index is 4.34. The number of aromatic nitrogens is 2. The highest BCUT2D eigenvalue weighted by Gasteiger charge is 2.05. The van der Waals surface area contributed by atoms with E-state index in [1.165, 1.54) is 5.56 Å². The summed E-state index contributed by atoms with van der Waals surface area (Å²) in [5, 5.41) is 4.34. The first kappa shape index (κ1) is 10.8. The Labute approximate surface area is 103 Å². The van der Waals surface area contributed by atoms with Gasteiger partial charge in [0.2, 0.25) is 0 Å². The zero-order valence-corrected chi connectivity index (χ0v) is 10.8. The summed E-state index contributed by atoms with van der Waals surface area (Å²) in [7, 11) is 0. The number of hydrogen-bond acceptors (Lipinski definition) is 2. The minimum atomic E-state index is 0.725. The number of benzene rings is 1. The Bertz CT molecular complexity index is 462. The zero-order chi connectivity index (χ0) is 10.8. The van der Waals surface area contributed by atoms with Crippen LogP contribution in [0.5, 0.6) is 0 Å². The van der Waals surface area contributed by atoms with Gasteiger partial charge in [-0.2, -0.15) is 17.7 Å². The lowest BCUT2D eigenvalue weighted by molar-refractivity contribution is 0.845. The topological polar surface area (TPSA) is 17.8 Å². The highest BCUT2D eigenvalue weighted by atomic mass is 79.9. The molecule has 0 radical (unpaired) electrons. The lowest BCUT2D eigenvalue weighted by atomic mass is 10.3. The molecule has 1 aromatic carbocycles. The van der Waals surface area contributed by atoms with Crippen LogP contribution in [0.25, 0.3) is 5.69 Å². The Morgan fingerprint density at radius 1 is 1.33 bits per heavy atom. The van der Waals surface area contributed by atoms with Gasteiger partial charge in [-0.05, 0) is 31.2 Å². The van der Waals surface area contributed by atoms with Gasteiger partial charge in [-0.15, -0.1) is 0 Å². The van der Waals surface area contributed by atoms with E-state index in [0.29, 0.717) is 0 Å². The van der Waals surface area contributed by atoms with Crippen LogP contribution in [-0.4, -0.2) is 9.78 Å². The van der Waals surface area contributed by atoms with E-state index in [1.807, 2.05) is 35.1 Å². The molecule has 2 rings (SSSR count). The van der Waals surface area contributed by atoms with Crippen molar-refractivity contribution in [3.05, 3.63) is 46.2 Å². The first-order valence-corrected chi connectivity index (χ1v) is 6.05. The summed E-state index contributed by atoms with van der Waals surface area (Å²) >= 11 is 7.67. The molecule has 0 unspecified atom stereocenters. The van der Waals surface area contributed by atoms with Gasteiger partial charge in [0.05, 0.1) is 11.9 Å². The fourth-order valence-corrected chi connectivity index (χ4v) is 2.02. The van der Waals surface area contributed by atoms with Crippen molar-refractivity contribution in [2.75, 3.05) is 0 Å². The van der Waals surface area contributed by atoms with E-state index in [-0.39, 0.29) is 0 Å². The van der Waals surface area contributed by atoms with Gasteiger partial charge < -0.3 is 0 Å². The number of nitrogens with zero attached hydrogens (tertiary/aromatic N) is 2. The van der Waals surface area contributed by atoms with E-state index in [1.54, 1.807) is 0 Å². The first-order chi connectivity index (χ1) is 7.22. The van der Waals surface area contributed by atoms with Crippen LogP contribution in [0.4, 0.5) is 0 Å². The molecule has 2 aromatic rings. The van der Waals surface area contributed by atoms with Crippen LogP contribution >= 0.6 is 28.6 Å². The Hall–Kier alpha value is -0.740. The van der Waals surface area contributed by atoms with Gasteiger partial charge >= 0.3 is 0 Å². The third-order valence-electron chi connectivity index (χ3n) is 2.35. The Balaban J connectivity index is 2.45. The largest absolute Gasteiger partial charge is 0.238 e. The Kier molecular flexibility index (Phi) is 3.17. The minimum Gasteiger partial charge on any atom is -0.238 e. The summed E-state index contributed by atoms with van der Waals surface area (Å²) in [4.78, 5) is 0. The normalized spacial score (nSPS) is 10.6. The molecular formula is C11H11BrN2S. The number of thiol groups is 1. The summed E-state index contributed by atoms with van der Waals surface area (Å²) in [5.41, 5.74) is 3.39. The first-order valence-electron chi connectivity index (χ1n) is 4.62. The van der Waals surface area contributed by atoms with E-state index in [9.17, 15) is 0 Å². The molecule has 1 heterocycles. The highest BCUT2D eigenvalue weighted by Crippen LogP contribution is 2.17. The van der Waals surface area contributed by atoms with Crippen molar-refractivity contribution in [1.82, 2.24) is 9.78 Å². The molecule has 0 bridgehead atoms. The molecule has 4 heteroatoms. The summed E-state index contributed by atoms with van der Waals surface area (Å²) in [5.74, 6) is 0.725. The second kappa shape index (κ2) is 4.41. The Morgan fingerprint density at radius 3 is 2.53 bits per heavy atom. The monoisotopic (exact) mass is 282 g/mol. The van der Waals surface area contributed by atoms with Crippen LogP contribution in [0.2, 0.25) is 0 Å². The van der Waals surface area contributed by atoms with Crippen molar-refractivity contribution >= 4 is 28.6 Å². The molecule has 0 fully saturated rings. The predicted octanol–water partition coefficient (Wildman–Crippen LogP) is 3.37. The van der Waals surface area contributed by atoms with Crippen molar-refractivity contribution in [1.29, 1.82) is 0 Å². The molecule has 0 amide bonds. The van der Waals surface area contributed by atoms with Crippen molar-refractivity contribution in [3.63, 3.8) is 0 Å². The maximum atomic E-state index is 4.34. The van der Waals surface area contributed by atoms with Crippen molar-refractivity contribution < 1.29 is 0 Å². The summed E-state index contributed by atoms with van der Waals surface area (Å²) in [6, 6.07) is 8.09. The third kappa shape index (κ3) is 2.11. The van der Waals surface area contributed by atoms with Gasteiger partial charge in [-0.25, -0.2) is 4.68 Å². The SMILES string of the molecule is Cc1c(CS)cnn1-c1ccc(Br)cc1. The fourth-order valence-electron chi connectivity index (χ4n) is 1.44. The van der Waals surface area contributed by atoms with E-state index in [4.69, 9.17) is 0 Å². The van der Waals surface area contributed by atoms with Crippen molar-refractivity contribution in [2.45, 2.75) is 12.7 Å². The molecule has 0 saturated heterocycles. The molecule has 0 N–H and O–H groups in total. The molecule has 0 aliphatic carbocycles. The van der Waals surface area contributed by atoms with Gasteiger partial charge in [-0.1, -0.05) is 15.9 Å². The Morgan fingerprint density at radius 2 is 2.00 bits per heavy atom. The van der Waals surface area contributed by atoms with Crippen LogP contribution in [0.15, 0.2) is 34.9 Å². The van der Waals surface area contributed by atoms with Gasteiger partial charge in [-0.3, -0.25) is 0 Å².